The highest BCUT2D eigenvalue weighted by atomic mass is 28.3. The van der Waals surface area contributed by atoms with Gasteiger partial charge in [-0.15, -0.1) is 10.2 Å². The normalized spacial score (nSPS) is 20.2. The number of fused-ring (bicyclic) bond motifs is 3. The highest BCUT2D eigenvalue weighted by molar-refractivity contribution is 6.76. The molecule has 6 rings (SSSR count). The van der Waals surface area contributed by atoms with Gasteiger partial charge in [-0.25, -0.2) is 14.2 Å². The number of ether oxygens (including phenoxy) is 2. The average molecular weight is 645 g/mol. The molecule has 1 amide bonds. The number of nitrogens with zero attached hydrogens (tertiary/aromatic N) is 8. The van der Waals surface area contributed by atoms with Crippen LogP contribution in [0.4, 0.5) is 10.6 Å². The second-order valence-electron chi connectivity index (χ2n) is 15.0. The van der Waals surface area contributed by atoms with Crippen molar-refractivity contribution in [2.45, 2.75) is 109 Å². The average Bonchev–Trinajstić information content (AvgIpc) is 3.68. The van der Waals surface area contributed by atoms with Gasteiger partial charge in [0.1, 0.15) is 12.3 Å². The van der Waals surface area contributed by atoms with E-state index in [9.17, 15) is 4.79 Å². The van der Waals surface area contributed by atoms with Crippen molar-refractivity contribution in [3.8, 4) is 16.9 Å². The van der Waals surface area contributed by atoms with Crippen LogP contribution < -0.4 is 4.90 Å². The number of anilines is 1. The standard InChI is InChI=1S/C34H48N8O3Si/c1-34(2,3)45-33(43)42-24-10-8-11-25(42)21-26(20-24)39(4)31-15-13-29(37-38-31)27-12-14-30(40-17-9-16-35-40)32-28(27)22-36-41(32)23-44-18-19-46(5,6)7/h9,12-17,22,24-26H,8,10-11,18-21,23H2,1-7H3/t24-,25+,26?. The summed E-state index contributed by atoms with van der Waals surface area (Å²) in [5, 5.41) is 19.6. The molecule has 2 saturated heterocycles. The zero-order chi connectivity index (χ0) is 32.6. The maximum atomic E-state index is 13.1. The Kier molecular flexibility index (Phi) is 8.95. The fourth-order valence-corrected chi connectivity index (χ4v) is 7.51. The fourth-order valence-electron chi connectivity index (χ4n) is 6.76. The van der Waals surface area contributed by atoms with E-state index in [1.807, 2.05) is 59.6 Å². The van der Waals surface area contributed by atoms with E-state index >= 15 is 0 Å². The van der Waals surface area contributed by atoms with E-state index in [-0.39, 0.29) is 24.2 Å². The molecular formula is C34H48N8O3Si. The molecule has 4 aromatic rings. The van der Waals surface area contributed by atoms with E-state index in [1.165, 1.54) is 0 Å². The molecule has 2 aliphatic heterocycles. The topological polar surface area (TPSA) is 103 Å². The first-order valence-corrected chi connectivity index (χ1v) is 20.2. The van der Waals surface area contributed by atoms with Crippen LogP contribution in [0.15, 0.2) is 48.9 Å². The number of carbonyl (C=O) groups excluding carboxylic acids is 1. The first-order valence-electron chi connectivity index (χ1n) is 16.5. The molecule has 1 unspecified atom stereocenters. The summed E-state index contributed by atoms with van der Waals surface area (Å²) >= 11 is 0. The van der Waals surface area contributed by atoms with Crippen LogP contribution in [0.2, 0.25) is 25.7 Å². The summed E-state index contributed by atoms with van der Waals surface area (Å²) in [4.78, 5) is 17.3. The Bertz CT molecular complexity index is 1630. The maximum Gasteiger partial charge on any atom is 0.410 e. The van der Waals surface area contributed by atoms with Crippen molar-refractivity contribution < 1.29 is 14.3 Å². The van der Waals surface area contributed by atoms with Crippen LogP contribution >= 0.6 is 0 Å². The van der Waals surface area contributed by atoms with Gasteiger partial charge in [0.2, 0.25) is 0 Å². The number of hydrogen-bond donors (Lipinski definition) is 0. The van der Waals surface area contributed by atoms with Gasteiger partial charge in [-0.3, -0.25) is 0 Å². The molecule has 2 aliphatic rings. The zero-order valence-corrected chi connectivity index (χ0v) is 29.3. The first-order chi connectivity index (χ1) is 21.9. The number of hydrogen-bond acceptors (Lipinski definition) is 8. The lowest BCUT2D eigenvalue weighted by atomic mass is 9.81. The van der Waals surface area contributed by atoms with E-state index in [4.69, 9.17) is 24.8 Å². The van der Waals surface area contributed by atoms with Gasteiger partial charge in [0.15, 0.2) is 5.82 Å². The van der Waals surface area contributed by atoms with Gasteiger partial charge in [0, 0.05) is 63.2 Å². The van der Waals surface area contributed by atoms with Crippen molar-refractivity contribution in [3.05, 3.63) is 48.9 Å². The summed E-state index contributed by atoms with van der Waals surface area (Å²) in [7, 11) is 0.899. The lowest BCUT2D eigenvalue weighted by Crippen LogP contribution is -2.59. The number of amides is 1. The predicted octanol–water partition coefficient (Wildman–Crippen LogP) is 6.75. The smallest absolute Gasteiger partial charge is 0.410 e. The zero-order valence-electron chi connectivity index (χ0n) is 28.3. The lowest BCUT2D eigenvalue weighted by molar-refractivity contribution is -0.0213. The summed E-state index contributed by atoms with van der Waals surface area (Å²) in [6.07, 6.45) is 10.4. The molecule has 246 valence electrons. The Labute approximate surface area is 272 Å². The summed E-state index contributed by atoms with van der Waals surface area (Å²) < 4.78 is 15.6. The molecule has 3 aromatic heterocycles. The second kappa shape index (κ2) is 12.8. The van der Waals surface area contributed by atoms with Gasteiger partial charge in [0.25, 0.3) is 0 Å². The van der Waals surface area contributed by atoms with Crippen molar-refractivity contribution in [1.29, 1.82) is 0 Å². The highest BCUT2D eigenvalue weighted by Crippen LogP contribution is 2.38. The summed E-state index contributed by atoms with van der Waals surface area (Å²) in [6, 6.07) is 11.9. The van der Waals surface area contributed by atoms with Crippen LogP contribution in [0.5, 0.6) is 0 Å². The predicted molar refractivity (Wildman–Crippen MR) is 183 cm³/mol. The van der Waals surface area contributed by atoms with Gasteiger partial charge >= 0.3 is 6.09 Å². The van der Waals surface area contributed by atoms with Gasteiger partial charge in [-0.05, 0) is 89.3 Å². The van der Waals surface area contributed by atoms with Crippen molar-refractivity contribution >= 4 is 30.9 Å². The molecular weight excluding hydrogens is 597 g/mol. The largest absolute Gasteiger partial charge is 0.444 e. The Hall–Kier alpha value is -3.77. The third-order valence-electron chi connectivity index (χ3n) is 9.13. The number of carbonyl (C=O) groups is 1. The Morgan fingerprint density at radius 2 is 1.80 bits per heavy atom. The molecule has 2 fully saturated rings. The first kappa shape index (κ1) is 32.2. The lowest BCUT2D eigenvalue weighted by Gasteiger charge is -2.50. The van der Waals surface area contributed by atoms with Crippen LogP contribution in [-0.4, -0.2) is 86.2 Å². The van der Waals surface area contributed by atoms with Crippen LogP contribution in [0, 0.1) is 0 Å². The van der Waals surface area contributed by atoms with Gasteiger partial charge in [-0.2, -0.15) is 10.2 Å². The summed E-state index contributed by atoms with van der Waals surface area (Å²) in [5.74, 6) is 0.827. The molecule has 0 saturated carbocycles. The van der Waals surface area contributed by atoms with Crippen LogP contribution in [0.1, 0.15) is 52.9 Å². The molecule has 1 aromatic carbocycles. The van der Waals surface area contributed by atoms with Gasteiger partial charge < -0.3 is 19.3 Å². The number of aromatic nitrogens is 6. The monoisotopic (exact) mass is 644 g/mol. The third-order valence-corrected chi connectivity index (χ3v) is 10.8. The van der Waals surface area contributed by atoms with Crippen LogP contribution in [-0.2, 0) is 16.2 Å². The van der Waals surface area contributed by atoms with Crippen LogP contribution in [0.25, 0.3) is 27.8 Å². The maximum absolute atomic E-state index is 13.1. The van der Waals surface area contributed by atoms with Crippen molar-refractivity contribution in [3.63, 3.8) is 0 Å². The van der Waals surface area contributed by atoms with E-state index in [1.54, 1.807) is 6.20 Å². The molecule has 46 heavy (non-hydrogen) atoms. The molecule has 0 aliphatic carbocycles. The van der Waals surface area contributed by atoms with Crippen molar-refractivity contribution in [2.24, 2.45) is 0 Å². The molecule has 2 bridgehead atoms. The SMILES string of the molecule is CN(c1ccc(-c2ccc(-n3cccn3)c3c2cnn3COCC[Si](C)(C)C)nn1)C1C[C@H]2CCC[C@@H](C1)N2C(=O)OC(C)(C)C. The van der Waals surface area contributed by atoms with E-state index in [0.29, 0.717) is 6.73 Å². The van der Waals surface area contributed by atoms with E-state index < -0.39 is 13.7 Å². The van der Waals surface area contributed by atoms with Crippen LogP contribution in [0.3, 0.4) is 0 Å². The third kappa shape index (κ3) is 6.97. The summed E-state index contributed by atoms with van der Waals surface area (Å²) in [5.41, 5.74) is 3.12. The highest BCUT2D eigenvalue weighted by Gasteiger charge is 2.43. The van der Waals surface area contributed by atoms with E-state index in [0.717, 1.165) is 78.4 Å². The number of piperidine rings is 2. The number of rotatable bonds is 9. The Balaban J connectivity index is 1.21. The molecule has 5 heterocycles. The molecule has 0 radical (unpaired) electrons. The second-order valence-corrected chi connectivity index (χ2v) is 20.6. The summed E-state index contributed by atoms with van der Waals surface area (Å²) in [6.45, 7) is 13.9. The molecule has 12 heteroatoms. The Morgan fingerprint density at radius 3 is 2.43 bits per heavy atom. The Morgan fingerprint density at radius 1 is 1.04 bits per heavy atom. The minimum absolute atomic E-state index is 0.180. The van der Waals surface area contributed by atoms with Crippen molar-refractivity contribution in [1.82, 2.24) is 34.7 Å². The van der Waals surface area contributed by atoms with Gasteiger partial charge in [-0.1, -0.05) is 19.6 Å². The molecule has 0 spiro atoms. The molecule has 0 N–H and O–H groups in total. The molecule has 3 atom stereocenters. The molecule has 11 nitrogen and oxygen atoms in total. The van der Waals surface area contributed by atoms with Gasteiger partial charge in [0.05, 0.1) is 23.1 Å². The fraction of sp³-hybridized carbons (Fsp3) is 0.559. The van der Waals surface area contributed by atoms with E-state index in [2.05, 4.69) is 54.9 Å². The van der Waals surface area contributed by atoms with Crippen molar-refractivity contribution in [2.75, 3.05) is 18.6 Å². The minimum Gasteiger partial charge on any atom is -0.444 e. The number of benzene rings is 1. The quantitative estimate of drug-likeness (QED) is 0.146. The minimum atomic E-state index is -1.19.